The van der Waals surface area contributed by atoms with Gasteiger partial charge in [-0.1, -0.05) is 12.1 Å². The molecule has 1 rings (SSSR count). The zero-order chi connectivity index (χ0) is 10.8. The van der Waals surface area contributed by atoms with E-state index in [1.165, 1.54) is 12.1 Å². The molecule has 0 unspecified atom stereocenters. The number of phenols is 1. The number of alkyl halides is 3. The Bertz CT molecular complexity index is 322. The van der Waals surface area contributed by atoms with Crippen molar-refractivity contribution < 1.29 is 28.1 Å². The number of phenolic OH excluding ortho intramolecular Hbond substituents is 1. The van der Waals surface area contributed by atoms with E-state index in [0.29, 0.717) is 0 Å². The zero-order valence-corrected chi connectivity index (χ0v) is 6.88. The fraction of sp³-hybridized carbons (Fsp3) is 0.250. The molecule has 0 heterocycles. The molecule has 78 valence electrons. The van der Waals surface area contributed by atoms with Gasteiger partial charge in [0.1, 0.15) is 0 Å². The van der Waals surface area contributed by atoms with Crippen molar-refractivity contribution in [1.29, 1.82) is 0 Å². The van der Waals surface area contributed by atoms with Crippen molar-refractivity contribution in [2.24, 2.45) is 0 Å². The van der Waals surface area contributed by atoms with Gasteiger partial charge in [-0.05, 0) is 6.07 Å². The molecule has 0 aliphatic rings. The lowest BCUT2D eigenvalue weighted by Crippen LogP contribution is -2.18. The van der Waals surface area contributed by atoms with E-state index < -0.39 is 24.5 Å². The molecular formula is C8H7F3O3. The second kappa shape index (κ2) is 3.75. The van der Waals surface area contributed by atoms with Gasteiger partial charge < -0.3 is 14.9 Å². The summed E-state index contributed by atoms with van der Waals surface area (Å²) in [6, 6.07) is 3.57. The van der Waals surface area contributed by atoms with Gasteiger partial charge in [0.25, 0.3) is 0 Å². The maximum Gasteiger partial charge on any atom is 0.573 e. The largest absolute Gasteiger partial charge is 0.573 e. The Hall–Kier alpha value is -1.43. The summed E-state index contributed by atoms with van der Waals surface area (Å²) in [6.07, 6.45) is -4.89. The van der Waals surface area contributed by atoms with E-state index in [4.69, 9.17) is 10.2 Å². The number of rotatable bonds is 2. The predicted molar refractivity (Wildman–Crippen MR) is 40.7 cm³/mol. The molecule has 0 saturated heterocycles. The van der Waals surface area contributed by atoms with E-state index in [1.807, 2.05) is 0 Å². The van der Waals surface area contributed by atoms with Gasteiger partial charge in [0, 0.05) is 5.56 Å². The van der Waals surface area contributed by atoms with Crippen LogP contribution in [0, 0.1) is 0 Å². The minimum atomic E-state index is -4.89. The maximum atomic E-state index is 11.8. The number of benzene rings is 1. The average Bonchev–Trinajstić information content (AvgIpc) is 2.06. The number of halogens is 3. The monoisotopic (exact) mass is 208 g/mol. The Morgan fingerprint density at radius 2 is 1.93 bits per heavy atom. The van der Waals surface area contributed by atoms with E-state index in [1.54, 1.807) is 0 Å². The van der Waals surface area contributed by atoms with Gasteiger partial charge in [0.05, 0.1) is 6.61 Å². The number of ether oxygens (including phenoxy) is 1. The van der Waals surface area contributed by atoms with E-state index in [-0.39, 0.29) is 5.56 Å². The third-order valence-corrected chi connectivity index (χ3v) is 1.46. The summed E-state index contributed by atoms with van der Waals surface area (Å²) < 4.78 is 39.0. The fourth-order valence-corrected chi connectivity index (χ4v) is 0.929. The molecule has 0 spiro atoms. The minimum Gasteiger partial charge on any atom is -0.504 e. The van der Waals surface area contributed by atoms with Gasteiger partial charge in [-0.3, -0.25) is 0 Å². The van der Waals surface area contributed by atoms with E-state index in [9.17, 15) is 13.2 Å². The predicted octanol–water partition coefficient (Wildman–Crippen LogP) is 1.78. The standard InChI is InChI=1S/C8H7F3O3/c9-8(10,11)14-7-5(4-12)2-1-3-6(7)13/h1-3,12-13H,4H2. The van der Waals surface area contributed by atoms with Gasteiger partial charge in [0.2, 0.25) is 0 Å². The number of para-hydroxylation sites is 1. The summed E-state index contributed by atoms with van der Waals surface area (Å²) >= 11 is 0. The van der Waals surface area contributed by atoms with Crippen LogP contribution in [-0.4, -0.2) is 16.6 Å². The van der Waals surface area contributed by atoms with Crippen LogP contribution in [0.2, 0.25) is 0 Å². The number of aliphatic hydroxyl groups is 1. The molecule has 0 aromatic heterocycles. The highest BCUT2D eigenvalue weighted by molar-refractivity contribution is 5.45. The third kappa shape index (κ3) is 2.53. The molecular weight excluding hydrogens is 201 g/mol. The third-order valence-electron chi connectivity index (χ3n) is 1.46. The number of aliphatic hydroxyl groups excluding tert-OH is 1. The summed E-state index contributed by atoms with van der Waals surface area (Å²) in [4.78, 5) is 0. The van der Waals surface area contributed by atoms with Crippen molar-refractivity contribution >= 4 is 0 Å². The summed E-state index contributed by atoms with van der Waals surface area (Å²) in [7, 11) is 0. The van der Waals surface area contributed by atoms with Crippen molar-refractivity contribution in [2.75, 3.05) is 0 Å². The molecule has 3 nitrogen and oxygen atoms in total. The van der Waals surface area contributed by atoms with Crippen LogP contribution in [0.3, 0.4) is 0 Å². The van der Waals surface area contributed by atoms with Crippen molar-refractivity contribution in [1.82, 2.24) is 0 Å². The molecule has 0 atom stereocenters. The molecule has 1 aromatic carbocycles. The topological polar surface area (TPSA) is 49.7 Å². The SMILES string of the molecule is OCc1cccc(O)c1OC(F)(F)F. The van der Waals surface area contributed by atoms with Crippen LogP contribution in [0.1, 0.15) is 5.56 Å². The van der Waals surface area contributed by atoms with Gasteiger partial charge in [-0.2, -0.15) is 0 Å². The Balaban J connectivity index is 3.05. The molecule has 2 N–H and O–H groups in total. The maximum absolute atomic E-state index is 11.8. The van der Waals surface area contributed by atoms with Crippen LogP contribution in [0.5, 0.6) is 11.5 Å². The van der Waals surface area contributed by atoms with Crippen LogP contribution in [0.4, 0.5) is 13.2 Å². The molecule has 0 aliphatic heterocycles. The first-order valence-corrected chi connectivity index (χ1v) is 3.61. The molecule has 0 amide bonds. The first-order valence-electron chi connectivity index (χ1n) is 3.61. The second-order valence-electron chi connectivity index (χ2n) is 2.47. The van der Waals surface area contributed by atoms with Crippen LogP contribution in [0.15, 0.2) is 18.2 Å². The van der Waals surface area contributed by atoms with Crippen molar-refractivity contribution in [3.05, 3.63) is 23.8 Å². The molecule has 0 fully saturated rings. The number of hydrogen-bond donors (Lipinski definition) is 2. The lowest BCUT2D eigenvalue weighted by molar-refractivity contribution is -0.275. The minimum absolute atomic E-state index is 0.123. The van der Waals surface area contributed by atoms with Crippen LogP contribution in [-0.2, 0) is 6.61 Å². The highest BCUT2D eigenvalue weighted by atomic mass is 19.4. The normalized spacial score (nSPS) is 11.4. The van der Waals surface area contributed by atoms with Gasteiger partial charge >= 0.3 is 6.36 Å². The first-order chi connectivity index (χ1) is 6.44. The van der Waals surface area contributed by atoms with Crippen molar-refractivity contribution in [2.45, 2.75) is 13.0 Å². The Morgan fingerprint density at radius 3 is 2.43 bits per heavy atom. The summed E-state index contributed by atoms with van der Waals surface area (Å²) in [5.41, 5.74) is -0.123. The Morgan fingerprint density at radius 1 is 1.29 bits per heavy atom. The number of aromatic hydroxyl groups is 1. The quantitative estimate of drug-likeness (QED) is 0.778. The summed E-state index contributed by atoms with van der Waals surface area (Å²) in [5, 5.41) is 17.7. The molecule has 0 bridgehead atoms. The van der Waals surface area contributed by atoms with Crippen molar-refractivity contribution in [3.63, 3.8) is 0 Å². The lowest BCUT2D eigenvalue weighted by atomic mass is 10.2. The highest BCUT2D eigenvalue weighted by Crippen LogP contribution is 2.34. The molecule has 1 aromatic rings. The van der Waals surface area contributed by atoms with Crippen LogP contribution < -0.4 is 4.74 Å². The molecule has 0 saturated carbocycles. The molecule has 0 radical (unpaired) electrons. The Labute approximate surface area is 77.4 Å². The first kappa shape index (κ1) is 10.6. The van der Waals surface area contributed by atoms with Crippen molar-refractivity contribution in [3.8, 4) is 11.5 Å². The van der Waals surface area contributed by atoms with Gasteiger partial charge in [-0.15, -0.1) is 13.2 Å². The molecule has 6 heteroatoms. The fourth-order valence-electron chi connectivity index (χ4n) is 0.929. The summed E-state index contributed by atoms with van der Waals surface area (Å²) in [6.45, 7) is -0.639. The average molecular weight is 208 g/mol. The van der Waals surface area contributed by atoms with Crippen LogP contribution >= 0.6 is 0 Å². The Kier molecular flexibility index (Phi) is 2.85. The van der Waals surface area contributed by atoms with Crippen LogP contribution in [0.25, 0.3) is 0 Å². The van der Waals surface area contributed by atoms with E-state index in [0.717, 1.165) is 6.07 Å². The second-order valence-corrected chi connectivity index (χ2v) is 2.47. The smallest absolute Gasteiger partial charge is 0.504 e. The highest BCUT2D eigenvalue weighted by Gasteiger charge is 2.33. The zero-order valence-electron chi connectivity index (χ0n) is 6.88. The van der Waals surface area contributed by atoms with E-state index in [2.05, 4.69) is 4.74 Å². The number of hydrogen-bond acceptors (Lipinski definition) is 3. The summed E-state index contributed by atoms with van der Waals surface area (Å²) in [5.74, 6) is -1.42. The van der Waals surface area contributed by atoms with Gasteiger partial charge in [-0.25, -0.2) is 0 Å². The van der Waals surface area contributed by atoms with E-state index >= 15 is 0 Å². The molecule has 0 aliphatic carbocycles. The molecule has 14 heavy (non-hydrogen) atoms. The van der Waals surface area contributed by atoms with Gasteiger partial charge in [0.15, 0.2) is 11.5 Å². The lowest BCUT2D eigenvalue weighted by Gasteiger charge is -2.12.